The predicted molar refractivity (Wildman–Crippen MR) is 130 cm³/mol. The van der Waals surface area contributed by atoms with Crippen molar-refractivity contribution in [3.8, 4) is 17.2 Å². The molecule has 0 spiro atoms. The Bertz CT molecular complexity index is 1520. The summed E-state index contributed by atoms with van der Waals surface area (Å²) in [7, 11) is 0. The Morgan fingerprint density at radius 2 is 1.16 bits per heavy atom. The lowest BCUT2D eigenvalue weighted by Gasteiger charge is -2.27. The molecule has 44 heavy (non-hydrogen) atoms. The van der Waals surface area contributed by atoms with Crippen molar-refractivity contribution in [1.82, 2.24) is 0 Å². The van der Waals surface area contributed by atoms with Gasteiger partial charge in [0.1, 0.15) is 34.5 Å². The monoisotopic (exact) mass is 644 g/mol. The van der Waals surface area contributed by atoms with Gasteiger partial charge in [-0.2, -0.15) is 30.7 Å². The van der Waals surface area contributed by atoms with Crippen LogP contribution in [0.3, 0.4) is 0 Å². The lowest BCUT2D eigenvalue weighted by atomic mass is 9.79. The van der Waals surface area contributed by atoms with Crippen molar-refractivity contribution in [2.45, 2.75) is 50.7 Å². The molecular formula is C29H20F12O3. The first-order chi connectivity index (χ1) is 20.5. The molecule has 15 heteroatoms. The molecule has 1 aliphatic carbocycles. The average Bonchev–Trinajstić information content (AvgIpc) is 2.89. The number of hydrogen-bond acceptors (Lipinski definition) is 3. The Balaban J connectivity index is 1.54. The molecule has 3 aromatic carbocycles. The first kappa shape index (κ1) is 32.9. The standard InChI is InChI=1S/C29H20F12O3/c1-13-2-4-14(5-3-13)15-6-7-18(19(30)8-15)28(38,39)43-16-9-20(31)24(21(32)10-16)29(40,41)44-17-11-22(33)25(23(34)12-17)42-27(37)26(35)36/h6-14H,2-5H2,1H3. The van der Waals surface area contributed by atoms with E-state index in [1.807, 2.05) is 0 Å². The summed E-state index contributed by atoms with van der Waals surface area (Å²) in [5.41, 5.74) is -3.01. The van der Waals surface area contributed by atoms with Gasteiger partial charge in [-0.15, -0.1) is 0 Å². The zero-order valence-electron chi connectivity index (χ0n) is 22.3. The molecule has 1 saturated carbocycles. The largest absolute Gasteiger partial charge is 0.432 e. The van der Waals surface area contributed by atoms with Gasteiger partial charge in [-0.3, -0.25) is 0 Å². The molecule has 0 saturated heterocycles. The molecule has 0 amide bonds. The van der Waals surface area contributed by atoms with Crippen LogP contribution in [0.25, 0.3) is 0 Å². The van der Waals surface area contributed by atoms with E-state index in [0.717, 1.165) is 37.8 Å². The third-order valence-corrected chi connectivity index (χ3v) is 6.90. The van der Waals surface area contributed by atoms with Crippen LogP contribution < -0.4 is 14.2 Å². The van der Waals surface area contributed by atoms with Crippen molar-refractivity contribution in [3.05, 3.63) is 100 Å². The maximum atomic E-state index is 14.8. The van der Waals surface area contributed by atoms with Gasteiger partial charge in [-0.05, 0) is 42.4 Å². The highest BCUT2D eigenvalue weighted by molar-refractivity contribution is 5.38. The van der Waals surface area contributed by atoms with Crippen LogP contribution in [-0.2, 0) is 12.2 Å². The summed E-state index contributed by atoms with van der Waals surface area (Å²) in [4.78, 5) is 0. The Morgan fingerprint density at radius 3 is 1.66 bits per heavy atom. The molecule has 0 atom stereocenters. The average molecular weight is 644 g/mol. The van der Waals surface area contributed by atoms with E-state index in [0.29, 0.717) is 11.5 Å². The van der Waals surface area contributed by atoms with Crippen molar-refractivity contribution in [2.75, 3.05) is 0 Å². The van der Waals surface area contributed by atoms with E-state index in [9.17, 15) is 52.7 Å². The molecular weight excluding hydrogens is 624 g/mol. The second kappa shape index (κ2) is 12.5. The topological polar surface area (TPSA) is 27.7 Å². The van der Waals surface area contributed by atoms with Gasteiger partial charge >= 0.3 is 24.3 Å². The van der Waals surface area contributed by atoms with Crippen molar-refractivity contribution >= 4 is 0 Å². The zero-order valence-corrected chi connectivity index (χ0v) is 22.3. The normalized spacial score (nSPS) is 17.3. The SMILES string of the molecule is CC1CCC(c2ccc(C(F)(F)Oc3cc(F)c(C(F)(F)Oc4cc(F)c(OC(F)=C(F)F)c(F)c4)c(F)c3)c(F)c2)CC1. The summed E-state index contributed by atoms with van der Waals surface area (Å²) < 4.78 is 180. The molecule has 4 rings (SSSR count). The number of ether oxygens (including phenoxy) is 3. The fraction of sp³-hybridized carbons (Fsp3) is 0.310. The number of halogens is 12. The Morgan fingerprint density at radius 1 is 0.659 bits per heavy atom. The second-order valence-electron chi connectivity index (χ2n) is 10.0. The molecule has 0 unspecified atom stereocenters. The molecule has 0 radical (unpaired) electrons. The summed E-state index contributed by atoms with van der Waals surface area (Å²) in [6.07, 6.45) is -9.46. The molecule has 0 bridgehead atoms. The lowest BCUT2D eigenvalue weighted by Crippen LogP contribution is -2.27. The van der Waals surface area contributed by atoms with Crippen molar-refractivity contribution in [1.29, 1.82) is 0 Å². The number of rotatable bonds is 9. The van der Waals surface area contributed by atoms with Crippen LogP contribution in [-0.4, -0.2) is 0 Å². The van der Waals surface area contributed by atoms with Crippen LogP contribution in [0.1, 0.15) is 55.2 Å². The second-order valence-corrected chi connectivity index (χ2v) is 10.0. The first-order valence-corrected chi connectivity index (χ1v) is 12.8. The zero-order chi connectivity index (χ0) is 32.6. The first-order valence-electron chi connectivity index (χ1n) is 12.8. The van der Waals surface area contributed by atoms with E-state index < -0.39 is 81.8 Å². The van der Waals surface area contributed by atoms with E-state index in [1.165, 1.54) is 6.07 Å². The molecule has 1 fully saturated rings. The summed E-state index contributed by atoms with van der Waals surface area (Å²) in [5.74, 6) is -14.0. The highest BCUT2D eigenvalue weighted by atomic mass is 19.3. The highest BCUT2D eigenvalue weighted by Crippen LogP contribution is 2.42. The van der Waals surface area contributed by atoms with Gasteiger partial charge < -0.3 is 14.2 Å². The van der Waals surface area contributed by atoms with Crippen molar-refractivity contribution < 1.29 is 66.9 Å². The summed E-state index contributed by atoms with van der Waals surface area (Å²) in [5, 5.41) is 0. The van der Waals surface area contributed by atoms with Crippen LogP contribution in [0.5, 0.6) is 17.2 Å². The van der Waals surface area contributed by atoms with Gasteiger partial charge in [-0.1, -0.05) is 25.8 Å². The van der Waals surface area contributed by atoms with Crippen LogP contribution in [0, 0.1) is 35.0 Å². The van der Waals surface area contributed by atoms with E-state index in [1.54, 1.807) is 0 Å². The molecule has 3 nitrogen and oxygen atoms in total. The van der Waals surface area contributed by atoms with E-state index >= 15 is 0 Å². The Labute approximate surface area is 241 Å². The van der Waals surface area contributed by atoms with Gasteiger partial charge in [0, 0.05) is 24.3 Å². The van der Waals surface area contributed by atoms with Gasteiger partial charge in [0.15, 0.2) is 11.6 Å². The molecule has 0 aromatic heterocycles. The number of hydrogen-bond donors (Lipinski definition) is 0. The Hall–Kier alpha value is -4.04. The summed E-state index contributed by atoms with van der Waals surface area (Å²) in [6, 6.07) is -0.139. The molecule has 0 aliphatic heterocycles. The third-order valence-electron chi connectivity index (χ3n) is 6.90. The molecule has 3 aromatic rings. The Kier molecular flexibility index (Phi) is 9.35. The highest BCUT2D eigenvalue weighted by Gasteiger charge is 2.43. The maximum Gasteiger partial charge on any atom is 0.432 e. The summed E-state index contributed by atoms with van der Waals surface area (Å²) >= 11 is 0. The van der Waals surface area contributed by atoms with Crippen LogP contribution in [0.4, 0.5) is 52.7 Å². The maximum absolute atomic E-state index is 14.8. The van der Waals surface area contributed by atoms with Crippen LogP contribution in [0.15, 0.2) is 54.6 Å². The fourth-order valence-electron chi connectivity index (χ4n) is 4.72. The third kappa shape index (κ3) is 7.18. The minimum atomic E-state index is -5.06. The predicted octanol–water partition coefficient (Wildman–Crippen LogP) is 10.3. The van der Waals surface area contributed by atoms with Gasteiger partial charge in [0.05, 0.1) is 5.56 Å². The van der Waals surface area contributed by atoms with Gasteiger partial charge in [0.2, 0.25) is 5.75 Å². The number of alkyl halides is 4. The molecule has 238 valence electrons. The van der Waals surface area contributed by atoms with Crippen molar-refractivity contribution in [2.24, 2.45) is 5.92 Å². The minimum absolute atomic E-state index is 0.0470. The van der Waals surface area contributed by atoms with E-state index in [4.69, 9.17) is 0 Å². The lowest BCUT2D eigenvalue weighted by molar-refractivity contribution is -0.191. The van der Waals surface area contributed by atoms with Gasteiger partial charge in [0.25, 0.3) is 0 Å². The molecule has 0 heterocycles. The minimum Gasteiger partial charge on any atom is -0.429 e. The van der Waals surface area contributed by atoms with E-state index in [-0.39, 0.29) is 30.2 Å². The molecule has 0 N–H and O–H groups in total. The molecule has 1 aliphatic rings. The van der Waals surface area contributed by atoms with E-state index in [2.05, 4.69) is 21.1 Å². The quantitative estimate of drug-likeness (QED) is 0.171. The van der Waals surface area contributed by atoms with Gasteiger partial charge in [-0.25, -0.2) is 22.0 Å². The fourth-order valence-corrected chi connectivity index (χ4v) is 4.72. The van der Waals surface area contributed by atoms with Crippen LogP contribution >= 0.6 is 0 Å². The number of benzene rings is 3. The summed E-state index contributed by atoms with van der Waals surface area (Å²) in [6.45, 7) is 2.06. The smallest absolute Gasteiger partial charge is 0.429 e. The van der Waals surface area contributed by atoms with Crippen molar-refractivity contribution in [3.63, 3.8) is 0 Å². The van der Waals surface area contributed by atoms with Crippen LogP contribution in [0.2, 0.25) is 0 Å².